The lowest BCUT2D eigenvalue weighted by Gasteiger charge is -2.21. The highest BCUT2D eigenvalue weighted by Gasteiger charge is 2.31. The number of benzene rings is 1. The van der Waals surface area contributed by atoms with Crippen LogP contribution in [0.4, 0.5) is 4.39 Å². The van der Waals surface area contributed by atoms with Gasteiger partial charge in [0, 0.05) is 19.1 Å². The smallest absolute Gasteiger partial charge is 0.114 e. The van der Waals surface area contributed by atoms with Crippen molar-refractivity contribution in [3.63, 3.8) is 0 Å². The Morgan fingerprint density at radius 3 is 2.73 bits per heavy atom. The van der Waals surface area contributed by atoms with Gasteiger partial charge in [0.25, 0.3) is 0 Å². The molecule has 1 aromatic rings. The quantitative estimate of drug-likeness (QED) is 0.817. The minimum Gasteiger partial charge on any atom is -0.395 e. The van der Waals surface area contributed by atoms with Crippen LogP contribution >= 0.6 is 0 Å². The summed E-state index contributed by atoms with van der Waals surface area (Å²) in [7, 11) is 0. The molecule has 15 heavy (non-hydrogen) atoms. The molecule has 1 aliphatic heterocycles. The molecule has 2 rings (SSSR count). The highest BCUT2D eigenvalue weighted by molar-refractivity contribution is 5.15. The molecule has 1 aromatic carbocycles. The summed E-state index contributed by atoms with van der Waals surface area (Å²) in [6.07, 6.45) is -0.325. The van der Waals surface area contributed by atoms with E-state index in [4.69, 9.17) is 5.11 Å². The van der Waals surface area contributed by atoms with Gasteiger partial charge in [-0.1, -0.05) is 30.3 Å². The van der Waals surface area contributed by atoms with E-state index >= 15 is 0 Å². The van der Waals surface area contributed by atoms with Gasteiger partial charge in [0.15, 0.2) is 0 Å². The lowest BCUT2D eigenvalue weighted by molar-refractivity contribution is 0.153. The molecule has 1 fully saturated rings. The second kappa shape index (κ2) is 4.73. The van der Waals surface area contributed by atoms with Crippen molar-refractivity contribution in [1.82, 2.24) is 4.90 Å². The second-order valence-electron chi connectivity index (χ2n) is 4.08. The van der Waals surface area contributed by atoms with Gasteiger partial charge in [-0.15, -0.1) is 0 Å². The third-order valence-corrected chi connectivity index (χ3v) is 2.92. The molecule has 0 saturated carbocycles. The van der Waals surface area contributed by atoms with Crippen LogP contribution in [0.3, 0.4) is 0 Å². The monoisotopic (exact) mass is 209 g/mol. The summed E-state index contributed by atoms with van der Waals surface area (Å²) in [6, 6.07) is 9.97. The molecule has 1 saturated heterocycles. The third-order valence-electron chi connectivity index (χ3n) is 2.92. The van der Waals surface area contributed by atoms with Crippen molar-refractivity contribution < 1.29 is 9.50 Å². The molecule has 0 radical (unpaired) electrons. The van der Waals surface area contributed by atoms with Crippen LogP contribution in [-0.4, -0.2) is 35.4 Å². The van der Waals surface area contributed by atoms with Gasteiger partial charge in [0.1, 0.15) is 6.17 Å². The molecule has 0 aromatic heterocycles. The van der Waals surface area contributed by atoms with E-state index in [0.29, 0.717) is 13.0 Å². The van der Waals surface area contributed by atoms with Crippen molar-refractivity contribution in [3.8, 4) is 0 Å². The molecule has 1 N–H and O–H groups in total. The Hall–Kier alpha value is -0.930. The van der Waals surface area contributed by atoms with Crippen LogP contribution in [0.25, 0.3) is 0 Å². The van der Waals surface area contributed by atoms with Crippen molar-refractivity contribution in [2.45, 2.75) is 25.2 Å². The molecular weight excluding hydrogens is 193 g/mol. The van der Waals surface area contributed by atoms with Crippen molar-refractivity contribution >= 4 is 0 Å². The Kier molecular flexibility index (Phi) is 3.34. The lowest BCUT2D eigenvalue weighted by Crippen LogP contribution is -2.31. The molecule has 2 atom stereocenters. The normalized spacial score (nSPS) is 27.1. The predicted octanol–water partition coefficient (Wildman–Crippen LogP) is 1.59. The molecule has 2 nitrogen and oxygen atoms in total. The van der Waals surface area contributed by atoms with Gasteiger partial charge >= 0.3 is 0 Å². The van der Waals surface area contributed by atoms with Crippen LogP contribution in [0.2, 0.25) is 0 Å². The van der Waals surface area contributed by atoms with Gasteiger partial charge in [-0.25, -0.2) is 4.39 Å². The average Bonchev–Trinajstić information content (AvgIpc) is 2.60. The van der Waals surface area contributed by atoms with Crippen molar-refractivity contribution in [1.29, 1.82) is 0 Å². The van der Waals surface area contributed by atoms with Gasteiger partial charge in [-0.2, -0.15) is 0 Å². The van der Waals surface area contributed by atoms with E-state index in [-0.39, 0.29) is 12.6 Å². The van der Waals surface area contributed by atoms with Gasteiger partial charge in [-0.3, -0.25) is 4.90 Å². The number of hydrogen-bond acceptors (Lipinski definition) is 2. The number of rotatable bonds is 3. The fraction of sp³-hybridized carbons (Fsp3) is 0.500. The minimum atomic E-state index is -0.786. The van der Waals surface area contributed by atoms with E-state index in [1.807, 2.05) is 35.2 Å². The van der Waals surface area contributed by atoms with Crippen LogP contribution in [0.1, 0.15) is 12.0 Å². The van der Waals surface area contributed by atoms with Crippen LogP contribution in [-0.2, 0) is 6.54 Å². The predicted molar refractivity (Wildman–Crippen MR) is 57.2 cm³/mol. The van der Waals surface area contributed by atoms with Crippen molar-refractivity contribution in [3.05, 3.63) is 35.9 Å². The van der Waals surface area contributed by atoms with Gasteiger partial charge < -0.3 is 5.11 Å². The Morgan fingerprint density at radius 2 is 2.07 bits per heavy atom. The molecule has 0 aliphatic carbocycles. The molecule has 0 unspecified atom stereocenters. The van der Waals surface area contributed by atoms with E-state index < -0.39 is 6.17 Å². The number of hydrogen-bond donors (Lipinski definition) is 1. The summed E-state index contributed by atoms with van der Waals surface area (Å²) in [5, 5.41) is 9.12. The first-order valence-corrected chi connectivity index (χ1v) is 5.32. The van der Waals surface area contributed by atoms with Crippen LogP contribution in [0, 0.1) is 0 Å². The summed E-state index contributed by atoms with van der Waals surface area (Å²) >= 11 is 0. The first-order chi connectivity index (χ1) is 7.29. The first-order valence-electron chi connectivity index (χ1n) is 5.32. The maximum Gasteiger partial charge on any atom is 0.114 e. The zero-order chi connectivity index (χ0) is 10.7. The molecule has 1 heterocycles. The third kappa shape index (κ3) is 2.55. The number of nitrogens with zero attached hydrogens (tertiary/aromatic N) is 1. The maximum atomic E-state index is 13.2. The molecule has 0 spiro atoms. The second-order valence-corrected chi connectivity index (χ2v) is 4.08. The molecule has 1 aliphatic rings. The zero-order valence-corrected chi connectivity index (χ0v) is 8.64. The maximum absolute atomic E-state index is 13.2. The van der Waals surface area contributed by atoms with Crippen molar-refractivity contribution in [2.24, 2.45) is 0 Å². The van der Waals surface area contributed by atoms with Crippen molar-refractivity contribution in [2.75, 3.05) is 13.2 Å². The summed E-state index contributed by atoms with van der Waals surface area (Å²) in [5.41, 5.74) is 1.17. The highest BCUT2D eigenvalue weighted by atomic mass is 19.1. The summed E-state index contributed by atoms with van der Waals surface area (Å²) in [6.45, 7) is 1.22. The van der Waals surface area contributed by atoms with E-state index in [9.17, 15) is 4.39 Å². The number of alkyl halides is 1. The molecule has 0 bridgehead atoms. The Labute approximate surface area is 89.3 Å². The topological polar surface area (TPSA) is 23.5 Å². The Morgan fingerprint density at radius 1 is 1.33 bits per heavy atom. The lowest BCUT2D eigenvalue weighted by atomic mass is 10.2. The van der Waals surface area contributed by atoms with Crippen LogP contribution in [0.5, 0.6) is 0 Å². The standard InChI is InChI=1S/C12H16FNO/c13-11-6-12(9-15)14(8-11)7-10-4-2-1-3-5-10/h1-5,11-12,15H,6-9H2/t11-,12-/m0/s1. The number of aliphatic hydroxyl groups excluding tert-OH is 1. The average molecular weight is 209 g/mol. The summed E-state index contributed by atoms with van der Waals surface area (Å²) in [4.78, 5) is 2.01. The van der Waals surface area contributed by atoms with Crippen LogP contribution < -0.4 is 0 Å². The van der Waals surface area contributed by atoms with Crippen LogP contribution in [0.15, 0.2) is 30.3 Å². The number of likely N-dealkylation sites (tertiary alicyclic amines) is 1. The fourth-order valence-electron chi connectivity index (χ4n) is 2.12. The van der Waals surface area contributed by atoms with E-state index in [1.54, 1.807) is 0 Å². The SMILES string of the molecule is OC[C@@H]1C[C@H](F)CN1Cc1ccccc1. The van der Waals surface area contributed by atoms with Gasteiger partial charge in [0.05, 0.1) is 6.61 Å². The van der Waals surface area contributed by atoms with E-state index in [0.717, 1.165) is 6.54 Å². The fourth-order valence-corrected chi connectivity index (χ4v) is 2.12. The zero-order valence-electron chi connectivity index (χ0n) is 8.64. The highest BCUT2D eigenvalue weighted by Crippen LogP contribution is 2.22. The first kappa shape index (κ1) is 10.6. The van der Waals surface area contributed by atoms with E-state index in [1.165, 1.54) is 5.56 Å². The molecular formula is C12H16FNO. The van der Waals surface area contributed by atoms with Gasteiger partial charge in [-0.05, 0) is 12.0 Å². The molecule has 82 valence electrons. The van der Waals surface area contributed by atoms with Gasteiger partial charge in [0.2, 0.25) is 0 Å². The largest absolute Gasteiger partial charge is 0.395 e. The summed E-state index contributed by atoms with van der Waals surface area (Å²) < 4.78 is 13.2. The summed E-state index contributed by atoms with van der Waals surface area (Å²) in [5.74, 6) is 0. The molecule has 3 heteroatoms. The van der Waals surface area contributed by atoms with E-state index in [2.05, 4.69) is 0 Å². The minimum absolute atomic E-state index is 0.0137. The number of aliphatic hydroxyl groups is 1. The number of halogens is 1. The Balaban J connectivity index is 2.00. The molecule has 0 amide bonds. The Bertz CT molecular complexity index is 304.